The summed E-state index contributed by atoms with van der Waals surface area (Å²) in [6, 6.07) is 0. The Morgan fingerprint density at radius 1 is 0.960 bits per heavy atom. The third kappa shape index (κ3) is 18.3. The molecule has 3 heteroatoms. The fraction of sp³-hybridized carbons (Fsp3) is 0.500. The minimum Gasteiger partial charge on any atom is -0.466 e. The van der Waals surface area contributed by atoms with Crippen molar-refractivity contribution in [3.63, 3.8) is 0 Å². The molecule has 0 aliphatic rings. The average Bonchev–Trinajstić information content (AvgIpc) is 2.59. The third-order valence-electron chi connectivity index (χ3n) is 3.30. The summed E-state index contributed by atoms with van der Waals surface area (Å²) in [6.45, 7) is 4.36. The molecule has 0 spiro atoms. The first-order valence-electron chi connectivity index (χ1n) is 9.32. The van der Waals surface area contributed by atoms with Crippen LogP contribution in [0.1, 0.15) is 58.8 Å². The molecule has 0 unspecified atom stereocenters. The Hall–Kier alpha value is -1.87. The molecule has 0 amide bonds. The van der Waals surface area contributed by atoms with Crippen LogP contribution in [-0.4, -0.2) is 23.8 Å². The first-order chi connectivity index (χ1) is 12.2. The van der Waals surface area contributed by atoms with Crippen molar-refractivity contribution in [2.75, 3.05) is 6.61 Å². The van der Waals surface area contributed by atoms with Gasteiger partial charge in [0.05, 0.1) is 12.7 Å². The van der Waals surface area contributed by atoms with Gasteiger partial charge in [0.2, 0.25) is 0 Å². The van der Waals surface area contributed by atoms with Crippen molar-refractivity contribution in [1.29, 1.82) is 0 Å². The monoisotopic (exact) mass is 346 g/mol. The number of carbonyl (C=O) groups excluding carboxylic acids is 1. The second-order valence-electron chi connectivity index (χ2n) is 5.61. The van der Waals surface area contributed by atoms with E-state index in [0.717, 1.165) is 32.1 Å². The van der Waals surface area contributed by atoms with Crippen molar-refractivity contribution in [2.45, 2.75) is 64.9 Å². The molecule has 1 atom stereocenters. The second-order valence-corrected chi connectivity index (χ2v) is 5.61. The molecule has 0 bridgehead atoms. The van der Waals surface area contributed by atoms with Crippen LogP contribution >= 0.6 is 0 Å². The summed E-state index contributed by atoms with van der Waals surface area (Å²) in [4.78, 5) is 11.1. The molecule has 0 aromatic carbocycles. The van der Waals surface area contributed by atoms with E-state index in [1.165, 1.54) is 0 Å². The van der Waals surface area contributed by atoms with E-state index in [0.29, 0.717) is 19.4 Å². The van der Waals surface area contributed by atoms with Crippen LogP contribution in [0.4, 0.5) is 0 Å². The van der Waals surface area contributed by atoms with E-state index in [9.17, 15) is 9.90 Å². The number of aliphatic hydroxyl groups excluding tert-OH is 1. The number of hydrogen-bond acceptors (Lipinski definition) is 3. The predicted octanol–water partition coefficient (Wildman–Crippen LogP) is 5.44. The number of ether oxygens (including phenoxy) is 1. The Balaban J connectivity index is 3.63. The van der Waals surface area contributed by atoms with Gasteiger partial charge < -0.3 is 9.84 Å². The van der Waals surface area contributed by atoms with E-state index in [-0.39, 0.29) is 5.97 Å². The smallest absolute Gasteiger partial charge is 0.305 e. The maximum Gasteiger partial charge on any atom is 0.305 e. The van der Waals surface area contributed by atoms with Gasteiger partial charge in [-0.15, -0.1) is 0 Å². The van der Waals surface area contributed by atoms with Gasteiger partial charge in [-0.05, 0) is 45.4 Å². The van der Waals surface area contributed by atoms with Gasteiger partial charge in [-0.2, -0.15) is 0 Å². The third-order valence-corrected chi connectivity index (χ3v) is 3.30. The largest absolute Gasteiger partial charge is 0.466 e. The molecule has 0 aromatic rings. The summed E-state index contributed by atoms with van der Waals surface area (Å²) in [7, 11) is 0. The van der Waals surface area contributed by atoms with E-state index >= 15 is 0 Å². The molecule has 0 aliphatic carbocycles. The van der Waals surface area contributed by atoms with Crippen LogP contribution in [0.15, 0.2) is 60.8 Å². The molecule has 140 valence electrons. The number of unbranched alkanes of at least 4 members (excludes halogenated alkanes) is 1. The molecule has 0 fully saturated rings. The standard InChI is InChI=1S/C22H34O3/c1-3-5-15-18-21(23)19-16-13-11-9-7-6-8-10-12-14-17-20-22(24)25-4-2/h5-7,10-13,15-16,19,21,23H,3-4,8-9,14,17-18,20H2,1-2H3/t21-/m0/s1. The molecule has 0 heterocycles. The van der Waals surface area contributed by atoms with Crippen LogP contribution in [0.3, 0.4) is 0 Å². The van der Waals surface area contributed by atoms with Crippen LogP contribution in [0.2, 0.25) is 0 Å². The number of allylic oxidation sites excluding steroid dienone is 8. The lowest BCUT2D eigenvalue weighted by Crippen LogP contribution is -2.02. The molecule has 0 radical (unpaired) electrons. The number of esters is 1. The fourth-order valence-electron chi connectivity index (χ4n) is 1.99. The predicted molar refractivity (Wildman–Crippen MR) is 106 cm³/mol. The van der Waals surface area contributed by atoms with Crippen molar-refractivity contribution in [3.05, 3.63) is 60.8 Å². The summed E-state index contributed by atoms with van der Waals surface area (Å²) >= 11 is 0. The van der Waals surface area contributed by atoms with Crippen molar-refractivity contribution < 1.29 is 14.6 Å². The lowest BCUT2D eigenvalue weighted by molar-refractivity contribution is -0.143. The summed E-state index contributed by atoms with van der Waals surface area (Å²) < 4.78 is 4.87. The molecular formula is C22H34O3. The molecule has 0 aromatic heterocycles. The Bertz CT molecular complexity index is 456. The van der Waals surface area contributed by atoms with E-state index in [2.05, 4.69) is 43.4 Å². The molecular weight excluding hydrogens is 312 g/mol. The zero-order chi connectivity index (χ0) is 18.6. The molecule has 0 aliphatic heterocycles. The summed E-state index contributed by atoms with van der Waals surface area (Å²) in [5.41, 5.74) is 0. The van der Waals surface area contributed by atoms with E-state index in [1.807, 2.05) is 25.2 Å². The van der Waals surface area contributed by atoms with E-state index in [4.69, 9.17) is 4.74 Å². The average molecular weight is 347 g/mol. The quantitative estimate of drug-likeness (QED) is 0.197. The lowest BCUT2D eigenvalue weighted by atomic mass is 10.2. The molecule has 0 saturated carbocycles. The highest BCUT2D eigenvalue weighted by Gasteiger charge is 1.98. The highest BCUT2D eigenvalue weighted by Crippen LogP contribution is 2.01. The number of aliphatic hydroxyl groups is 1. The van der Waals surface area contributed by atoms with Crippen LogP contribution in [0.25, 0.3) is 0 Å². The maximum absolute atomic E-state index is 11.1. The Kier molecular flexibility index (Phi) is 17.1. The molecule has 25 heavy (non-hydrogen) atoms. The topological polar surface area (TPSA) is 46.5 Å². The van der Waals surface area contributed by atoms with Crippen LogP contribution < -0.4 is 0 Å². The Morgan fingerprint density at radius 2 is 1.68 bits per heavy atom. The highest BCUT2D eigenvalue weighted by molar-refractivity contribution is 5.69. The number of rotatable bonds is 14. The van der Waals surface area contributed by atoms with Crippen molar-refractivity contribution in [1.82, 2.24) is 0 Å². The summed E-state index contributed by atoms with van der Waals surface area (Å²) in [5, 5.41) is 9.68. The summed E-state index contributed by atoms with van der Waals surface area (Å²) in [5.74, 6) is -0.110. The van der Waals surface area contributed by atoms with E-state index in [1.54, 1.807) is 6.08 Å². The van der Waals surface area contributed by atoms with Crippen molar-refractivity contribution >= 4 is 5.97 Å². The number of carbonyl (C=O) groups is 1. The van der Waals surface area contributed by atoms with Crippen LogP contribution in [0.5, 0.6) is 0 Å². The minimum atomic E-state index is -0.406. The van der Waals surface area contributed by atoms with Gasteiger partial charge in [-0.1, -0.05) is 67.7 Å². The van der Waals surface area contributed by atoms with Gasteiger partial charge >= 0.3 is 5.97 Å². The van der Waals surface area contributed by atoms with Crippen LogP contribution in [-0.2, 0) is 9.53 Å². The van der Waals surface area contributed by atoms with Gasteiger partial charge in [0.1, 0.15) is 0 Å². The minimum absolute atomic E-state index is 0.110. The van der Waals surface area contributed by atoms with Gasteiger partial charge in [-0.25, -0.2) is 0 Å². The van der Waals surface area contributed by atoms with Gasteiger partial charge in [0.15, 0.2) is 0 Å². The SMILES string of the molecule is CCC=CC[C@H](O)C=CC=CCC=CCC=CCCCC(=O)OCC. The lowest BCUT2D eigenvalue weighted by Gasteiger charge is -1.98. The molecule has 0 saturated heterocycles. The van der Waals surface area contributed by atoms with E-state index < -0.39 is 6.10 Å². The zero-order valence-electron chi connectivity index (χ0n) is 15.8. The number of hydrogen-bond donors (Lipinski definition) is 1. The molecule has 1 N–H and O–H groups in total. The normalized spacial score (nSPS) is 13.9. The van der Waals surface area contributed by atoms with Crippen LogP contribution in [0, 0.1) is 0 Å². The second kappa shape index (κ2) is 18.5. The highest BCUT2D eigenvalue weighted by atomic mass is 16.5. The van der Waals surface area contributed by atoms with Crippen molar-refractivity contribution in [2.24, 2.45) is 0 Å². The molecule has 3 nitrogen and oxygen atoms in total. The molecule has 0 rings (SSSR count). The van der Waals surface area contributed by atoms with Crippen molar-refractivity contribution in [3.8, 4) is 0 Å². The maximum atomic E-state index is 11.1. The Morgan fingerprint density at radius 3 is 2.40 bits per heavy atom. The zero-order valence-corrected chi connectivity index (χ0v) is 15.8. The first-order valence-corrected chi connectivity index (χ1v) is 9.32. The first kappa shape index (κ1) is 23.1. The Labute approximate surface area is 153 Å². The van der Waals surface area contributed by atoms with Gasteiger partial charge in [-0.3, -0.25) is 4.79 Å². The van der Waals surface area contributed by atoms with Gasteiger partial charge in [0, 0.05) is 6.42 Å². The van der Waals surface area contributed by atoms with Gasteiger partial charge in [0.25, 0.3) is 0 Å². The fourth-order valence-corrected chi connectivity index (χ4v) is 1.99. The summed E-state index contributed by atoms with van der Waals surface area (Å²) in [6.07, 6.45) is 25.6.